The predicted octanol–water partition coefficient (Wildman–Crippen LogP) is 1.93. The van der Waals surface area contributed by atoms with Gasteiger partial charge in [0.25, 0.3) is 0 Å². The second-order valence-corrected chi connectivity index (χ2v) is 4.93. The molecule has 2 aromatic rings. The molecule has 2 aromatic carbocycles. The van der Waals surface area contributed by atoms with Crippen molar-refractivity contribution in [1.82, 2.24) is 0 Å². The summed E-state index contributed by atoms with van der Waals surface area (Å²) in [6, 6.07) is 13.5. The highest BCUT2D eigenvalue weighted by Crippen LogP contribution is 2.17. The molecule has 0 atom stereocenters. The van der Waals surface area contributed by atoms with E-state index in [-0.39, 0.29) is 5.70 Å². The molecule has 0 heterocycles. The first-order valence-corrected chi connectivity index (χ1v) is 6.94. The van der Waals surface area contributed by atoms with E-state index in [0.29, 0.717) is 17.0 Å². The van der Waals surface area contributed by atoms with Crippen molar-refractivity contribution in [3.05, 3.63) is 71.4 Å². The van der Waals surface area contributed by atoms with Gasteiger partial charge >= 0.3 is 0 Å². The van der Waals surface area contributed by atoms with E-state index in [0.717, 1.165) is 11.6 Å². The van der Waals surface area contributed by atoms with Crippen LogP contribution in [0.15, 0.2) is 60.3 Å². The van der Waals surface area contributed by atoms with Crippen LogP contribution in [-0.2, 0) is 4.79 Å². The van der Waals surface area contributed by atoms with Crippen LogP contribution in [0.4, 0.5) is 5.69 Å². The first-order chi connectivity index (χ1) is 11.0. The van der Waals surface area contributed by atoms with Crippen molar-refractivity contribution in [2.24, 2.45) is 0 Å². The minimum Gasteiger partial charge on any atom is -0.543 e. The lowest BCUT2D eigenvalue weighted by molar-refractivity contribution is -0.299. The van der Waals surface area contributed by atoms with Crippen LogP contribution < -0.4 is 15.2 Å². The van der Waals surface area contributed by atoms with E-state index >= 15 is 0 Å². The number of rotatable bonds is 6. The van der Waals surface area contributed by atoms with Crippen LogP contribution in [0.5, 0.6) is 5.75 Å². The number of aryl methyl sites for hydroxylation is 1. The molecule has 0 aliphatic heterocycles. The second-order valence-electron chi connectivity index (χ2n) is 4.93. The molecule has 0 spiro atoms. The fraction of sp³-hybridized carbons (Fsp3) is 0.111. The first kappa shape index (κ1) is 16.3. The number of allylic oxidation sites excluding steroid dienone is 1. The average Bonchev–Trinajstić information content (AvgIpc) is 2.55. The van der Waals surface area contributed by atoms with Crippen molar-refractivity contribution in [1.29, 1.82) is 0 Å². The maximum absolute atomic E-state index is 12.1. The minimum absolute atomic E-state index is 0.305. The van der Waals surface area contributed by atoms with Gasteiger partial charge in [-0.2, -0.15) is 0 Å². The van der Waals surface area contributed by atoms with Gasteiger partial charge in [0.1, 0.15) is 5.75 Å². The summed E-state index contributed by atoms with van der Waals surface area (Å²) in [5.74, 6) is -1.23. The van der Waals surface area contributed by atoms with Crippen LogP contribution in [0.3, 0.4) is 0 Å². The first-order valence-electron chi connectivity index (χ1n) is 6.94. The molecule has 0 amide bonds. The third kappa shape index (κ3) is 4.44. The maximum Gasteiger partial charge on any atom is 0.187 e. The van der Waals surface area contributed by atoms with E-state index in [9.17, 15) is 14.7 Å². The number of ether oxygens (including phenoxy) is 1. The number of nitrogens with one attached hydrogen (secondary N) is 1. The van der Waals surface area contributed by atoms with Crippen molar-refractivity contribution >= 4 is 17.4 Å². The Balaban J connectivity index is 2.21. The zero-order chi connectivity index (χ0) is 16.8. The molecule has 5 heteroatoms. The minimum atomic E-state index is -1.46. The highest BCUT2D eigenvalue weighted by molar-refractivity contribution is 6.08. The predicted molar refractivity (Wildman–Crippen MR) is 85.2 cm³/mol. The Morgan fingerprint density at radius 1 is 1.04 bits per heavy atom. The van der Waals surface area contributed by atoms with Crippen LogP contribution in [0.2, 0.25) is 0 Å². The summed E-state index contributed by atoms with van der Waals surface area (Å²) in [6.07, 6.45) is 1.02. The summed E-state index contributed by atoms with van der Waals surface area (Å²) in [5.41, 5.74) is 1.63. The SMILES string of the molecule is COc1ccc(NC(=CC(=O)c2ccc(C)cc2)C(=O)[O-])cc1. The van der Waals surface area contributed by atoms with Crippen LogP contribution >= 0.6 is 0 Å². The van der Waals surface area contributed by atoms with Crippen molar-refractivity contribution < 1.29 is 19.4 Å². The van der Waals surface area contributed by atoms with Gasteiger partial charge in [-0.25, -0.2) is 0 Å². The molecule has 118 valence electrons. The lowest BCUT2D eigenvalue weighted by Gasteiger charge is -2.12. The molecule has 0 fully saturated rings. The molecule has 0 aromatic heterocycles. The zero-order valence-corrected chi connectivity index (χ0v) is 12.8. The van der Waals surface area contributed by atoms with Gasteiger partial charge in [0, 0.05) is 17.3 Å². The number of benzene rings is 2. The fourth-order valence-electron chi connectivity index (χ4n) is 1.91. The quantitative estimate of drug-likeness (QED) is 0.651. The van der Waals surface area contributed by atoms with E-state index in [2.05, 4.69) is 5.32 Å². The molecule has 5 nitrogen and oxygen atoms in total. The molecule has 0 aliphatic carbocycles. The summed E-state index contributed by atoms with van der Waals surface area (Å²) in [4.78, 5) is 23.4. The normalized spacial score (nSPS) is 11.0. The number of carbonyl (C=O) groups is 2. The standard InChI is InChI=1S/C18H17NO4/c1-12-3-5-13(6-4-12)17(20)11-16(18(21)22)19-14-7-9-15(23-2)10-8-14/h3-11,19H,1-2H3,(H,21,22)/p-1. The summed E-state index contributed by atoms with van der Waals surface area (Å²) >= 11 is 0. The molecule has 0 saturated carbocycles. The van der Waals surface area contributed by atoms with Crippen molar-refractivity contribution in [3.8, 4) is 5.75 Å². The highest BCUT2D eigenvalue weighted by Gasteiger charge is 2.07. The Labute approximate surface area is 134 Å². The van der Waals surface area contributed by atoms with E-state index < -0.39 is 11.8 Å². The molecule has 0 saturated heterocycles. The van der Waals surface area contributed by atoms with E-state index in [4.69, 9.17) is 4.74 Å². The van der Waals surface area contributed by atoms with E-state index in [1.54, 1.807) is 48.5 Å². The topological polar surface area (TPSA) is 78.5 Å². The summed E-state index contributed by atoms with van der Waals surface area (Å²) in [6.45, 7) is 1.90. The van der Waals surface area contributed by atoms with E-state index in [1.807, 2.05) is 6.92 Å². The number of methoxy groups -OCH3 is 1. The number of carboxylic acid groups (broad SMARTS) is 1. The lowest BCUT2D eigenvalue weighted by atomic mass is 10.1. The van der Waals surface area contributed by atoms with Crippen LogP contribution in [0.1, 0.15) is 15.9 Å². The monoisotopic (exact) mass is 310 g/mol. The van der Waals surface area contributed by atoms with Gasteiger partial charge in [-0.3, -0.25) is 4.79 Å². The molecule has 0 aliphatic rings. The number of aliphatic carboxylic acids is 1. The number of ketones is 1. The smallest absolute Gasteiger partial charge is 0.187 e. The third-order valence-electron chi connectivity index (χ3n) is 3.20. The molecule has 1 N–H and O–H groups in total. The van der Waals surface area contributed by atoms with Gasteiger partial charge in [0.15, 0.2) is 5.78 Å². The number of hydrogen-bond acceptors (Lipinski definition) is 5. The molecule has 2 rings (SSSR count). The van der Waals surface area contributed by atoms with Crippen LogP contribution in [-0.4, -0.2) is 18.9 Å². The maximum atomic E-state index is 12.1. The van der Waals surface area contributed by atoms with Gasteiger partial charge < -0.3 is 20.0 Å². The number of carbonyl (C=O) groups excluding carboxylic acids is 2. The number of hydrogen-bond donors (Lipinski definition) is 1. The Morgan fingerprint density at radius 2 is 1.65 bits per heavy atom. The van der Waals surface area contributed by atoms with Gasteiger partial charge in [0.05, 0.1) is 18.8 Å². The molecule has 0 bridgehead atoms. The Kier molecular flexibility index (Phi) is 5.15. The van der Waals surface area contributed by atoms with Gasteiger partial charge in [-0.05, 0) is 31.2 Å². The summed E-state index contributed by atoms with van der Waals surface area (Å²) in [7, 11) is 1.54. The van der Waals surface area contributed by atoms with Gasteiger partial charge in [-0.1, -0.05) is 29.8 Å². The summed E-state index contributed by atoms with van der Waals surface area (Å²) < 4.78 is 5.03. The highest BCUT2D eigenvalue weighted by atomic mass is 16.5. The van der Waals surface area contributed by atoms with Crippen LogP contribution in [0, 0.1) is 6.92 Å². The molecular formula is C18H16NO4-. The van der Waals surface area contributed by atoms with Gasteiger partial charge in [-0.15, -0.1) is 0 Å². The van der Waals surface area contributed by atoms with Crippen molar-refractivity contribution in [2.75, 3.05) is 12.4 Å². The van der Waals surface area contributed by atoms with E-state index in [1.165, 1.54) is 7.11 Å². The average molecular weight is 310 g/mol. The Morgan fingerprint density at radius 3 is 2.17 bits per heavy atom. The number of anilines is 1. The molecule has 0 unspecified atom stereocenters. The second kappa shape index (κ2) is 7.26. The fourth-order valence-corrected chi connectivity index (χ4v) is 1.91. The van der Waals surface area contributed by atoms with Crippen LogP contribution in [0.25, 0.3) is 0 Å². The third-order valence-corrected chi connectivity index (χ3v) is 3.20. The Hall–Kier alpha value is -3.08. The largest absolute Gasteiger partial charge is 0.543 e. The zero-order valence-electron chi connectivity index (χ0n) is 12.8. The lowest BCUT2D eigenvalue weighted by Crippen LogP contribution is -2.29. The molecule has 23 heavy (non-hydrogen) atoms. The molecular weight excluding hydrogens is 294 g/mol. The number of carboxylic acids is 1. The summed E-state index contributed by atoms with van der Waals surface area (Å²) in [5, 5.41) is 13.9. The Bertz CT molecular complexity index is 731. The van der Waals surface area contributed by atoms with Gasteiger partial charge in [0.2, 0.25) is 0 Å². The van der Waals surface area contributed by atoms with Crippen molar-refractivity contribution in [2.45, 2.75) is 6.92 Å². The van der Waals surface area contributed by atoms with Crippen molar-refractivity contribution in [3.63, 3.8) is 0 Å². The molecule has 0 radical (unpaired) electrons.